The minimum atomic E-state index is -0.330. The molecule has 0 aliphatic heterocycles. The average molecular weight is 415 g/mol. The number of carbonyl (C=O) groups is 1. The van der Waals surface area contributed by atoms with Gasteiger partial charge in [0.05, 0.1) is 21.3 Å². The van der Waals surface area contributed by atoms with E-state index >= 15 is 0 Å². The summed E-state index contributed by atoms with van der Waals surface area (Å²) in [6, 6.07) is 10.7. The van der Waals surface area contributed by atoms with Crippen molar-refractivity contribution in [3.05, 3.63) is 42.0 Å². The van der Waals surface area contributed by atoms with Gasteiger partial charge in [0, 0.05) is 16.0 Å². The summed E-state index contributed by atoms with van der Waals surface area (Å²) in [4.78, 5) is 13.5. The number of hydrogen-bond acceptors (Lipinski definition) is 8. The van der Waals surface area contributed by atoms with Crippen LogP contribution in [0.5, 0.6) is 17.2 Å². The predicted octanol–water partition coefficient (Wildman–Crippen LogP) is 4.13. The van der Waals surface area contributed by atoms with E-state index in [9.17, 15) is 4.79 Å². The van der Waals surface area contributed by atoms with Crippen molar-refractivity contribution in [3.8, 4) is 28.7 Å². The summed E-state index contributed by atoms with van der Waals surface area (Å²) in [6.45, 7) is 2.06. The average Bonchev–Trinajstić information content (AvgIpc) is 3.21. The second-order valence-corrected chi connectivity index (χ2v) is 7.08. The van der Waals surface area contributed by atoms with Gasteiger partial charge in [0.15, 0.2) is 11.5 Å². The number of methoxy groups -OCH3 is 3. The number of thioether (sulfide) groups is 1. The number of rotatable bonds is 8. The van der Waals surface area contributed by atoms with Crippen LogP contribution >= 0.6 is 11.8 Å². The van der Waals surface area contributed by atoms with Gasteiger partial charge in [0.2, 0.25) is 11.6 Å². The van der Waals surface area contributed by atoms with E-state index in [0.717, 1.165) is 10.6 Å². The summed E-state index contributed by atoms with van der Waals surface area (Å²) in [5.74, 6) is 2.16. The molecule has 0 atom stereocenters. The number of carbonyl (C=O) groups excluding carboxylic acids is 1. The van der Waals surface area contributed by atoms with Gasteiger partial charge in [-0.15, -0.1) is 16.9 Å². The number of anilines is 1. The first kappa shape index (κ1) is 20.5. The van der Waals surface area contributed by atoms with Crippen molar-refractivity contribution in [1.82, 2.24) is 10.2 Å². The largest absolute Gasteiger partial charge is 0.493 e. The van der Waals surface area contributed by atoms with Gasteiger partial charge in [-0.2, -0.15) is 0 Å². The van der Waals surface area contributed by atoms with Crippen LogP contribution in [0.4, 0.5) is 6.01 Å². The molecule has 3 aromatic rings. The Morgan fingerprint density at radius 2 is 1.79 bits per heavy atom. The summed E-state index contributed by atoms with van der Waals surface area (Å²) in [5, 5.41) is 10.5. The van der Waals surface area contributed by atoms with Crippen LogP contribution < -0.4 is 19.5 Å². The SMILES string of the molecule is CCSc1cccc(C(=O)Nc2nnc(-c3cc(OC)c(OC)c(OC)c3)o2)c1. The highest BCUT2D eigenvalue weighted by Crippen LogP contribution is 2.41. The van der Waals surface area contributed by atoms with Gasteiger partial charge in [-0.1, -0.05) is 18.1 Å². The molecule has 8 nitrogen and oxygen atoms in total. The van der Waals surface area contributed by atoms with Crippen molar-refractivity contribution < 1.29 is 23.4 Å². The first-order chi connectivity index (χ1) is 14.1. The Morgan fingerprint density at radius 1 is 1.07 bits per heavy atom. The molecule has 1 heterocycles. The first-order valence-corrected chi connectivity index (χ1v) is 9.76. The topological polar surface area (TPSA) is 95.7 Å². The third-order valence-corrected chi connectivity index (χ3v) is 4.84. The van der Waals surface area contributed by atoms with Crippen LogP contribution in [0.1, 0.15) is 17.3 Å². The number of ether oxygens (including phenoxy) is 3. The molecule has 0 aliphatic rings. The van der Waals surface area contributed by atoms with Gasteiger partial charge < -0.3 is 18.6 Å². The molecular formula is C20H21N3O5S. The van der Waals surface area contributed by atoms with Gasteiger partial charge in [-0.3, -0.25) is 10.1 Å². The third-order valence-electron chi connectivity index (χ3n) is 3.96. The fourth-order valence-corrected chi connectivity index (χ4v) is 3.38. The molecule has 2 aromatic carbocycles. The van der Waals surface area contributed by atoms with E-state index in [1.54, 1.807) is 30.0 Å². The highest BCUT2D eigenvalue weighted by atomic mass is 32.2. The van der Waals surface area contributed by atoms with Crippen molar-refractivity contribution in [3.63, 3.8) is 0 Å². The lowest BCUT2D eigenvalue weighted by Gasteiger charge is -2.12. The molecule has 0 saturated carbocycles. The molecule has 1 N–H and O–H groups in total. The Kier molecular flexibility index (Phi) is 6.61. The molecule has 1 amide bonds. The van der Waals surface area contributed by atoms with E-state index in [4.69, 9.17) is 18.6 Å². The van der Waals surface area contributed by atoms with E-state index in [0.29, 0.717) is 28.4 Å². The van der Waals surface area contributed by atoms with E-state index in [-0.39, 0.29) is 17.8 Å². The minimum absolute atomic E-state index is 0.00713. The zero-order chi connectivity index (χ0) is 20.8. The molecule has 0 aliphatic carbocycles. The summed E-state index contributed by atoms with van der Waals surface area (Å²) < 4.78 is 21.6. The van der Waals surface area contributed by atoms with E-state index in [2.05, 4.69) is 22.4 Å². The van der Waals surface area contributed by atoms with E-state index in [1.807, 2.05) is 18.2 Å². The molecule has 0 fully saturated rings. The molecule has 29 heavy (non-hydrogen) atoms. The van der Waals surface area contributed by atoms with Crippen LogP contribution in [0.25, 0.3) is 11.5 Å². The fraction of sp³-hybridized carbons (Fsp3) is 0.250. The normalized spacial score (nSPS) is 10.5. The second-order valence-electron chi connectivity index (χ2n) is 5.74. The van der Waals surface area contributed by atoms with Crippen LogP contribution in [0.15, 0.2) is 45.7 Å². The standard InChI is InChI=1S/C20H21N3O5S/c1-5-29-14-8-6-7-12(9-14)18(24)21-20-23-22-19(28-20)13-10-15(25-2)17(27-4)16(11-13)26-3/h6-11H,5H2,1-4H3,(H,21,23,24). The highest BCUT2D eigenvalue weighted by molar-refractivity contribution is 7.99. The number of nitrogens with zero attached hydrogens (tertiary/aromatic N) is 2. The summed E-state index contributed by atoms with van der Waals surface area (Å²) in [5.41, 5.74) is 1.07. The van der Waals surface area contributed by atoms with Crippen molar-refractivity contribution in [2.75, 3.05) is 32.4 Å². The van der Waals surface area contributed by atoms with E-state index < -0.39 is 0 Å². The predicted molar refractivity (Wildman–Crippen MR) is 110 cm³/mol. The van der Waals surface area contributed by atoms with Gasteiger partial charge in [0.25, 0.3) is 5.91 Å². The smallest absolute Gasteiger partial charge is 0.322 e. The van der Waals surface area contributed by atoms with Crippen molar-refractivity contribution in [2.45, 2.75) is 11.8 Å². The molecule has 1 aromatic heterocycles. The van der Waals surface area contributed by atoms with Crippen LogP contribution in [-0.2, 0) is 0 Å². The van der Waals surface area contributed by atoms with Crippen LogP contribution in [0, 0.1) is 0 Å². The van der Waals surface area contributed by atoms with Gasteiger partial charge in [-0.25, -0.2) is 0 Å². The lowest BCUT2D eigenvalue weighted by Crippen LogP contribution is -2.12. The lowest BCUT2D eigenvalue weighted by molar-refractivity contribution is 0.102. The molecule has 9 heteroatoms. The molecular weight excluding hydrogens is 394 g/mol. The summed E-state index contributed by atoms with van der Waals surface area (Å²) >= 11 is 1.66. The quantitative estimate of drug-likeness (QED) is 0.549. The van der Waals surface area contributed by atoms with Gasteiger partial charge in [0.1, 0.15) is 0 Å². The van der Waals surface area contributed by atoms with E-state index in [1.165, 1.54) is 21.3 Å². The molecule has 0 radical (unpaired) electrons. The Bertz CT molecular complexity index is 980. The number of hydrogen-bond donors (Lipinski definition) is 1. The maximum absolute atomic E-state index is 12.5. The zero-order valence-electron chi connectivity index (χ0n) is 16.5. The van der Waals surface area contributed by atoms with Crippen molar-refractivity contribution in [1.29, 1.82) is 0 Å². The Balaban J connectivity index is 1.82. The maximum Gasteiger partial charge on any atom is 0.322 e. The summed E-state index contributed by atoms with van der Waals surface area (Å²) in [6.07, 6.45) is 0. The Hall–Kier alpha value is -3.20. The minimum Gasteiger partial charge on any atom is -0.493 e. The second kappa shape index (κ2) is 9.33. The Labute approximate surface area is 172 Å². The number of benzene rings is 2. The maximum atomic E-state index is 12.5. The van der Waals surface area contributed by atoms with Crippen molar-refractivity contribution in [2.24, 2.45) is 0 Å². The van der Waals surface area contributed by atoms with Crippen LogP contribution in [0.2, 0.25) is 0 Å². The fourth-order valence-electron chi connectivity index (χ4n) is 2.66. The summed E-state index contributed by atoms with van der Waals surface area (Å²) in [7, 11) is 4.56. The van der Waals surface area contributed by atoms with Gasteiger partial charge in [-0.05, 0) is 36.1 Å². The molecule has 0 saturated heterocycles. The zero-order valence-corrected chi connectivity index (χ0v) is 17.3. The molecule has 0 spiro atoms. The molecule has 0 unspecified atom stereocenters. The van der Waals surface area contributed by atoms with Crippen molar-refractivity contribution >= 4 is 23.7 Å². The molecule has 0 bridgehead atoms. The molecule has 152 valence electrons. The third kappa shape index (κ3) is 4.62. The first-order valence-electron chi connectivity index (χ1n) is 8.77. The van der Waals surface area contributed by atoms with Crippen LogP contribution in [0.3, 0.4) is 0 Å². The number of amides is 1. The Morgan fingerprint density at radius 3 is 2.41 bits per heavy atom. The molecule has 3 rings (SSSR count). The van der Waals surface area contributed by atoms with Gasteiger partial charge >= 0.3 is 6.01 Å². The van der Waals surface area contributed by atoms with Crippen LogP contribution in [-0.4, -0.2) is 43.2 Å². The lowest BCUT2D eigenvalue weighted by atomic mass is 10.2. The monoisotopic (exact) mass is 415 g/mol. The number of nitrogens with one attached hydrogen (secondary N) is 1. The highest BCUT2D eigenvalue weighted by Gasteiger charge is 2.18. The number of aromatic nitrogens is 2.